The van der Waals surface area contributed by atoms with Crippen molar-refractivity contribution in [3.63, 3.8) is 0 Å². The maximum absolute atomic E-state index is 12.6. The molecule has 0 unspecified atom stereocenters. The number of likely N-dealkylation sites (tertiary alicyclic amines) is 1. The van der Waals surface area contributed by atoms with E-state index < -0.39 is 10.0 Å². The summed E-state index contributed by atoms with van der Waals surface area (Å²) in [6.07, 6.45) is 3.86. The number of piperidine rings is 1. The van der Waals surface area contributed by atoms with Gasteiger partial charge in [0.2, 0.25) is 15.9 Å². The fraction of sp³-hybridized carbons (Fsp3) is 0.300. The van der Waals surface area contributed by atoms with E-state index in [0.717, 1.165) is 29.4 Å². The number of hydrogen-bond acceptors (Lipinski definition) is 4. The van der Waals surface area contributed by atoms with Crippen molar-refractivity contribution in [3.8, 4) is 0 Å². The largest absolute Gasteiger partial charge is 0.357 e. The maximum atomic E-state index is 12.6. The first-order chi connectivity index (χ1) is 13.4. The van der Waals surface area contributed by atoms with Crippen molar-refractivity contribution in [1.29, 1.82) is 0 Å². The van der Waals surface area contributed by atoms with E-state index >= 15 is 0 Å². The number of amides is 1. The molecule has 146 valence electrons. The SMILES string of the molecule is NS(=O)(=O)c1ccc(CC(=O)N2CCC(c3cc4ncccc4[nH]3)CC2)cc1. The summed E-state index contributed by atoms with van der Waals surface area (Å²) in [6, 6.07) is 12.2. The second kappa shape index (κ2) is 7.37. The lowest BCUT2D eigenvalue weighted by Gasteiger charge is -2.31. The van der Waals surface area contributed by atoms with E-state index in [1.165, 1.54) is 17.8 Å². The molecule has 8 heteroatoms. The number of carbonyl (C=O) groups excluding carboxylic acids is 1. The van der Waals surface area contributed by atoms with Crippen LogP contribution in [0.15, 0.2) is 53.6 Å². The molecule has 0 saturated carbocycles. The van der Waals surface area contributed by atoms with Crippen molar-refractivity contribution in [1.82, 2.24) is 14.9 Å². The summed E-state index contributed by atoms with van der Waals surface area (Å²) in [5.41, 5.74) is 3.97. The lowest BCUT2D eigenvalue weighted by atomic mass is 9.93. The minimum Gasteiger partial charge on any atom is -0.357 e. The highest BCUT2D eigenvalue weighted by Crippen LogP contribution is 2.29. The van der Waals surface area contributed by atoms with E-state index in [1.807, 2.05) is 17.0 Å². The number of pyridine rings is 1. The number of primary sulfonamides is 1. The van der Waals surface area contributed by atoms with Crippen LogP contribution >= 0.6 is 0 Å². The summed E-state index contributed by atoms with van der Waals surface area (Å²) in [5, 5.41) is 5.10. The van der Waals surface area contributed by atoms with Gasteiger partial charge in [-0.3, -0.25) is 9.78 Å². The van der Waals surface area contributed by atoms with E-state index in [0.29, 0.717) is 19.0 Å². The summed E-state index contributed by atoms with van der Waals surface area (Å²) in [6.45, 7) is 1.42. The van der Waals surface area contributed by atoms with Crippen molar-refractivity contribution in [2.75, 3.05) is 13.1 Å². The Kier molecular flexibility index (Phi) is 4.91. The van der Waals surface area contributed by atoms with Gasteiger partial charge in [0.15, 0.2) is 0 Å². The van der Waals surface area contributed by atoms with Gasteiger partial charge < -0.3 is 9.88 Å². The number of rotatable bonds is 4. The van der Waals surface area contributed by atoms with Crippen molar-refractivity contribution in [2.45, 2.75) is 30.1 Å². The third kappa shape index (κ3) is 3.93. The van der Waals surface area contributed by atoms with E-state index in [1.54, 1.807) is 18.3 Å². The van der Waals surface area contributed by atoms with Gasteiger partial charge in [-0.2, -0.15) is 0 Å². The van der Waals surface area contributed by atoms with E-state index in [9.17, 15) is 13.2 Å². The zero-order valence-corrected chi connectivity index (χ0v) is 16.2. The van der Waals surface area contributed by atoms with Crippen LogP contribution < -0.4 is 5.14 Å². The Morgan fingerprint density at radius 1 is 1.18 bits per heavy atom. The normalized spacial score (nSPS) is 15.8. The van der Waals surface area contributed by atoms with Crippen molar-refractivity contribution in [2.24, 2.45) is 5.14 Å². The standard InChI is InChI=1S/C20H22N4O3S/c21-28(26,27)16-5-3-14(4-6-16)12-20(25)24-10-7-15(8-11-24)18-13-19-17(23-18)2-1-9-22-19/h1-6,9,13,15,23H,7-8,10-12H2,(H2,21,26,27). The maximum Gasteiger partial charge on any atom is 0.238 e. The number of nitrogens with zero attached hydrogens (tertiary/aromatic N) is 2. The molecule has 3 heterocycles. The molecule has 0 spiro atoms. The number of sulfonamides is 1. The minimum atomic E-state index is -3.71. The number of carbonyl (C=O) groups is 1. The molecule has 4 rings (SSSR count). The molecule has 0 radical (unpaired) electrons. The summed E-state index contributed by atoms with van der Waals surface area (Å²) in [7, 11) is -3.71. The third-order valence-electron chi connectivity index (χ3n) is 5.30. The molecule has 0 atom stereocenters. The molecule has 1 fully saturated rings. The molecule has 1 aromatic carbocycles. The topological polar surface area (TPSA) is 109 Å². The zero-order chi connectivity index (χ0) is 19.7. The Balaban J connectivity index is 1.36. The second-order valence-corrected chi connectivity index (χ2v) is 8.74. The van der Waals surface area contributed by atoms with Crippen LogP contribution in [0.5, 0.6) is 0 Å². The Bertz CT molecular complexity index is 1060. The van der Waals surface area contributed by atoms with Crippen LogP contribution in [0.25, 0.3) is 11.0 Å². The van der Waals surface area contributed by atoms with Gasteiger partial charge in [-0.15, -0.1) is 0 Å². The summed E-state index contributed by atoms with van der Waals surface area (Å²) in [4.78, 5) is 22.3. The van der Waals surface area contributed by atoms with Gasteiger partial charge in [0.05, 0.1) is 22.3 Å². The van der Waals surface area contributed by atoms with Crippen LogP contribution in [-0.4, -0.2) is 42.3 Å². The Hall–Kier alpha value is -2.71. The molecular formula is C20H22N4O3S. The smallest absolute Gasteiger partial charge is 0.238 e. The molecule has 0 aliphatic carbocycles. The number of fused-ring (bicyclic) bond motifs is 1. The molecule has 1 saturated heterocycles. The first-order valence-corrected chi connectivity index (χ1v) is 10.8. The average molecular weight is 398 g/mol. The number of hydrogen-bond donors (Lipinski definition) is 2. The van der Waals surface area contributed by atoms with E-state index in [2.05, 4.69) is 16.0 Å². The van der Waals surface area contributed by atoms with Crippen LogP contribution in [0.3, 0.4) is 0 Å². The molecular weight excluding hydrogens is 376 g/mol. The molecule has 28 heavy (non-hydrogen) atoms. The predicted molar refractivity (Wildman–Crippen MR) is 106 cm³/mol. The highest BCUT2D eigenvalue weighted by atomic mass is 32.2. The number of aromatic amines is 1. The minimum absolute atomic E-state index is 0.0531. The molecule has 3 aromatic rings. The summed E-state index contributed by atoms with van der Waals surface area (Å²) < 4.78 is 22.6. The monoisotopic (exact) mass is 398 g/mol. The molecule has 0 bridgehead atoms. The molecule has 3 N–H and O–H groups in total. The second-order valence-electron chi connectivity index (χ2n) is 7.18. The molecule has 1 amide bonds. The highest BCUT2D eigenvalue weighted by molar-refractivity contribution is 7.89. The summed E-state index contributed by atoms with van der Waals surface area (Å²) >= 11 is 0. The van der Waals surface area contributed by atoms with E-state index in [4.69, 9.17) is 5.14 Å². The van der Waals surface area contributed by atoms with Crippen molar-refractivity contribution >= 4 is 27.0 Å². The van der Waals surface area contributed by atoms with Gasteiger partial charge in [0.1, 0.15) is 0 Å². The average Bonchev–Trinajstić information content (AvgIpc) is 3.12. The first-order valence-electron chi connectivity index (χ1n) is 9.23. The predicted octanol–water partition coefficient (Wildman–Crippen LogP) is 2.16. The van der Waals surface area contributed by atoms with Crippen LogP contribution in [0, 0.1) is 0 Å². The quantitative estimate of drug-likeness (QED) is 0.702. The number of H-pyrrole nitrogens is 1. The van der Waals surface area contributed by atoms with Crippen LogP contribution in [0.1, 0.15) is 30.0 Å². The third-order valence-corrected chi connectivity index (χ3v) is 6.23. The lowest BCUT2D eigenvalue weighted by Crippen LogP contribution is -2.38. The van der Waals surface area contributed by atoms with Crippen LogP contribution in [0.4, 0.5) is 0 Å². The number of nitrogens with one attached hydrogen (secondary N) is 1. The fourth-order valence-corrected chi connectivity index (χ4v) is 4.24. The number of nitrogens with two attached hydrogens (primary N) is 1. The Labute approximate surface area is 163 Å². The molecule has 2 aromatic heterocycles. The molecule has 1 aliphatic rings. The molecule has 7 nitrogen and oxygen atoms in total. The van der Waals surface area contributed by atoms with Crippen LogP contribution in [0.2, 0.25) is 0 Å². The zero-order valence-electron chi connectivity index (χ0n) is 15.3. The van der Waals surface area contributed by atoms with Gasteiger partial charge in [0.25, 0.3) is 0 Å². The van der Waals surface area contributed by atoms with Gasteiger partial charge in [-0.1, -0.05) is 12.1 Å². The lowest BCUT2D eigenvalue weighted by molar-refractivity contribution is -0.131. The van der Waals surface area contributed by atoms with Gasteiger partial charge in [-0.05, 0) is 48.7 Å². The first kappa shape index (κ1) is 18.6. The van der Waals surface area contributed by atoms with E-state index in [-0.39, 0.29) is 17.2 Å². The van der Waals surface area contributed by atoms with Crippen LogP contribution in [-0.2, 0) is 21.2 Å². The number of aromatic nitrogens is 2. The van der Waals surface area contributed by atoms with Gasteiger partial charge >= 0.3 is 0 Å². The fourth-order valence-electron chi connectivity index (χ4n) is 3.72. The molecule has 1 aliphatic heterocycles. The van der Waals surface area contributed by atoms with Crippen molar-refractivity contribution < 1.29 is 13.2 Å². The Morgan fingerprint density at radius 3 is 2.54 bits per heavy atom. The Morgan fingerprint density at radius 2 is 1.89 bits per heavy atom. The number of benzene rings is 1. The van der Waals surface area contributed by atoms with Gasteiger partial charge in [-0.25, -0.2) is 13.6 Å². The summed E-state index contributed by atoms with van der Waals surface area (Å²) in [5.74, 6) is 0.451. The van der Waals surface area contributed by atoms with Crippen molar-refractivity contribution in [3.05, 3.63) is 59.9 Å². The highest BCUT2D eigenvalue weighted by Gasteiger charge is 2.25. The van der Waals surface area contributed by atoms with Gasteiger partial charge in [0, 0.05) is 30.9 Å².